The molecule has 0 unspecified atom stereocenters. The molecule has 1 heterocycles. The normalized spacial score (nSPS) is 13.3. The van der Waals surface area contributed by atoms with Gasteiger partial charge in [-0.05, 0) is 53.9 Å². The van der Waals surface area contributed by atoms with Gasteiger partial charge in [-0.3, -0.25) is 4.79 Å². The number of aromatic carboxylic acids is 1. The summed E-state index contributed by atoms with van der Waals surface area (Å²) in [5.41, 5.74) is 3.99. The average Bonchev–Trinajstić information content (AvgIpc) is 2.60. The molecule has 1 N–H and O–H groups in total. The molecule has 0 radical (unpaired) electrons. The van der Waals surface area contributed by atoms with Crippen molar-refractivity contribution in [2.75, 3.05) is 25.5 Å². The van der Waals surface area contributed by atoms with Gasteiger partial charge in [-0.15, -0.1) is 0 Å². The van der Waals surface area contributed by atoms with Crippen LogP contribution in [0.1, 0.15) is 31.8 Å². The fourth-order valence-corrected chi connectivity index (χ4v) is 2.95. The number of benzene rings is 2. The van der Waals surface area contributed by atoms with E-state index in [4.69, 9.17) is 5.11 Å². The lowest BCUT2D eigenvalue weighted by molar-refractivity contribution is 0.0696. The van der Waals surface area contributed by atoms with Crippen molar-refractivity contribution in [3.8, 4) is 0 Å². The van der Waals surface area contributed by atoms with Crippen LogP contribution in [0.25, 0.3) is 0 Å². The third-order valence-electron chi connectivity index (χ3n) is 4.38. The zero-order valence-corrected chi connectivity index (χ0v) is 13.8. The fourth-order valence-electron chi connectivity index (χ4n) is 2.95. The molecule has 1 aliphatic rings. The van der Waals surface area contributed by atoms with Crippen LogP contribution in [0, 0.1) is 0 Å². The monoisotopic (exact) mass is 324 g/mol. The van der Waals surface area contributed by atoms with Crippen molar-refractivity contribution >= 4 is 17.6 Å². The molecule has 24 heavy (non-hydrogen) atoms. The molecule has 2 aromatic carbocycles. The highest BCUT2D eigenvalue weighted by molar-refractivity contribution is 5.95. The largest absolute Gasteiger partial charge is 0.478 e. The van der Waals surface area contributed by atoms with Gasteiger partial charge in [-0.25, -0.2) is 4.79 Å². The highest BCUT2D eigenvalue weighted by Crippen LogP contribution is 2.22. The van der Waals surface area contributed by atoms with Gasteiger partial charge in [0.1, 0.15) is 0 Å². The molecule has 1 aliphatic heterocycles. The molecule has 0 saturated heterocycles. The summed E-state index contributed by atoms with van der Waals surface area (Å²) in [6.45, 7) is 1.10. The summed E-state index contributed by atoms with van der Waals surface area (Å²) in [6.07, 6.45) is 0.747. The van der Waals surface area contributed by atoms with Crippen LogP contribution in [0.2, 0.25) is 0 Å². The predicted molar refractivity (Wildman–Crippen MR) is 92.6 cm³/mol. The number of amides is 1. The molecular formula is C19H20N2O3. The van der Waals surface area contributed by atoms with E-state index in [1.165, 1.54) is 0 Å². The van der Waals surface area contributed by atoms with Gasteiger partial charge in [0.15, 0.2) is 0 Å². The SMILES string of the molecule is CN(C)c1ccc(C(=O)N2CCc3ccc(C(=O)O)cc3C2)cc1. The number of nitrogens with zero attached hydrogens (tertiary/aromatic N) is 2. The molecule has 0 fully saturated rings. The molecule has 0 spiro atoms. The lowest BCUT2D eigenvalue weighted by atomic mass is 9.97. The lowest BCUT2D eigenvalue weighted by Crippen LogP contribution is -2.36. The summed E-state index contributed by atoms with van der Waals surface area (Å²) >= 11 is 0. The minimum atomic E-state index is -0.944. The number of carbonyl (C=O) groups excluding carboxylic acids is 1. The maximum absolute atomic E-state index is 12.7. The zero-order chi connectivity index (χ0) is 17.3. The number of rotatable bonds is 3. The van der Waals surface area contributed by atoms with Crippen molar-refractivity contribution in [1.29, 1.82) is 0 Å². The number of hydrogen-bond donors (Lipinski definition) is 1. The van der Waals surface area contributed by atoms with Gasteiger partial charge < -0.3 is 14.9 Å². The summed E-state index contributed by atoms with van der Waals surface area (Å²) < 4.78 is 0. The van der Waals surface area contributed by atoms with Crippen LogP contribution < -0.4 is 4.90 Å². The van der Waals surface area contributed by atoms with Crippen molar-refractivity contribution < 1.29 is 14.7 Å². The van der Waals surface area contributed by atoms with E-state index in [0.29, 0.717) is 18.7 Å². The summed E-state index contributed by atoms with van der Waals surface area (Å²) in [5, 5.41) is 9.13. The van der Waals surface area contributed by atoms with Gasteiger partial charge in [0.05, 0.1) is 5.56 Å². The Morgan fingerprint density at radius 3 is 2.29 bits per heavy atom. The number of carboxylic acids is 1. The van der Waals surface area contributed by atoms with E-state index in [-0.39, 0.29) is 11.5 Å². The van der Waals surface area contributed by atoms with E-state index in [2.05, 4.69) is 0 Å². The van der Waals surface area contributed by atoms with Crippen LogP contribution in [0.3, 0.4) is 0 Å². The van der Waals surface area contributed by atoms with Crippen LogP contribution in [-0.4, -0.2) is 42.5 Å². The van der Waals surface area contributed by atoms with E-state index >= 15 is 0 Å². The molecule has 0 aromatic heterocycles. The van der Waals surface area contributed by atoms with Gasteiger partial charge in [-0.1, -0.05) is 6.07 Å². The molecule has 5 nitrogen and oxygen atoms in total. The van der Waals surface area contributed by atoms with Crippen LogP contribution in [0.15, 0.2) is 42.5 Å². The minimum absolute atomic E-state index is 0.0216. The first-order valence-corrected chi connectivity index (χ1v) is 7.87. The predicted octanol–water partition coefficient (Wildman–Crippen LogP) is 2.65. The van der Waals surface area contributed by atoms with Crippen LogP contribution in [0.5, 0.6) is 0 Å². The Hall–Kier alpha value is -2.82. The van der Waals surface area contributed by atoms with E-state index < -0.39 is 5.97 Å². The zero-order valence-electron chi connectivity index (χ0n) is 13.8. The van der Waals surface area contributed by atoms with Gasteiger partial charge in [-0.2, -0.15) is 0 Å². The second-order valence-electron chi connectivity index (χ2n) is 6.21. The molecule has 5 heteroatoms. The lowest BCUT2D eigenvalue weighted by Gasteiger charge is -2.29. The number of carbonyl (C=O) groups is 2. The van der Waals surface area contributed by atoms with Crippen molar-refractivity contribution in [2.24, 2.45) is 0 Å². The molecule has 0 aliphatic carbocycles. The van der Waals surface area contributed by atoms with Crippen molar-refractivity contribution in [1.82, 2.24) is 4.90 Å². The molecule has 0 atom stereocenters. The Balaban J connectivity index is 1.80. The van der Waals surface area contributed by atoms with Crippen LogP contribution >= 0.6 is 0 Å². The summed E-state index contributed by atoms with van der Waals surface area (Å²) in [7, 11) is 3.91. The topological polar surface area (TPSA) is 60.9 Å². The van der Waals surface area contributed by atoms with E-state index in [1.54, 1.807) is 17.0 Å². The Morgan fingerprint density at radius 2 is 1.67 bits per heavy atom. The molecule has 0 saturated carbocycles. The quantitative estimate of drug-likeness (QED) is 0.943. The smallest absolute Gasteiger partial charge is 0.335 e. The first-order chi connectivity index (χ1) is 11.5. The minimum Gasteiger partial charge on any atom is -0.478 e. The van der Waals surface area contributed by atoms with Crippen molar-refractivity contribution in [2.45, 2.75) is 13.0 Å². The van der Waals surface area contributed by atoms with Gasteiger partial charge in [0.25, 0.3) is 5.91 Å². The third-order valence-corrected chi connectivity index (χ3v) is 4.38. The Kier molecular flexibility index (Phi) is 4.25. The maximum atomic E-state index is 12.7. The Morgan fingerprint density at radius 1 is 1.00 bits per heavy atom. The standard InChI is InChI=1S/C19H20N2O3/c1-20(2)17-7-5-14(6-8-17)18(22)21-10-9-13-3-4-15(19(23)24)11-16(13)12-21/h3-8,11H,9-10,12H2,1-2H3,(H,23,24). The van der Waals surface area contributed by atoms with Crippen molar-refractivity contribution in [3.05, 3.63) is 64.7 Å². The first kappa shape index (κ1) is 16.1. The first-order valence-electron chi connectivity index (χ1n) is 7.87. The number of anilines is 1. The van der Waals surface area contributed by atoms with Crippen LogP contribution in [0.4, 0.5) is 5.69 Å². The molecule has 3 rings (SSSR count). The van der Waals surface area contributed by atoms with Crippen molar-refractivity contribution in [3.63, 3.8) is 0 Å². The van der Waals surface area contributed by atoms with E-state index in [0.717, 1.165) is 23.2 Å². The maximum Gasteiger partial charge on any atom is 0.335 e. The average molecular weight is 324 g/mol. The highest BCUT2D eigenvalue weighted by atomic mass is 16.4. The Labute approximate surface area is 141 Å². The summed E-state index contributed by atoms with van der Waals surface area (Å²) in [4.78, 5) is 27.6. The highest BCUT2D eigenvalue weighted by Gasteiger charge is 2.22. The molecular weight excluding hydrogens is 304 g/mol. The molecule has 124 valence electrons. The van der Waals surface area contributed by atoms with Crippen LogP contribution in [-0.2, 0) is 13.0 Å². The number of fused-ring (bicyclic) bond motifs is 1. The summed E-state index contributed by atoms with van der Waals surface area (Å²) in [6, 6.07) is 12.7. The molecule has 2 aromatic rings. The Bertz CT molecular complexity index is 782. The van der Waals surface area contributed by atoms with E-state index in [9.17, 15) is 9.59 Å². The summed E-state index contributed by atoms with van der Waals surface area (Å²) in [5.74, 6) is -0.966. The van der Waals surface area contributed by atoms with Gasteiger partial charge >= 0.3 is 5.97 Å². The van der Waals surface area contributed by atoms with E-state index in [1.807, 2.05) is 49.3 Å². The number of carboxylic acid groups (broad SMARTS) is 1. The second kappa shape index (κ2) is 6.35. The third kappa shape index (κ3) is 3.11. The second-order valence-corrected chi connectivity index (χ2v) is 6.21. The molecule has 1 amide bonds. The fraction of sp³-hybridized carbons (Fsp3) is 0.263. The number of hydrogen-bond acceptors (Lipinski definition) is 3. The van der Waals surface area contributed by atoms with Gasteiger partial charge in [0.2, 0.25) is 0 Å². The van der Waals surface area contributed by atoms with Gasteiger partial charge in [0, 0.05) is 38.4 Å². The molecule has 0 bridgehead atoms.